The van der Waals surface area contributed by atoms with E-state index in [0.29, 0.717) is 16.1 Å². The van der Waals surface area contributed by atoms with Crippen LogP contribution in [0.3, 0.4) is 0 Å². The topological polar surface area (TPSA) is 17.8 Å². The molecule has 1 aromatic heterocycles. The number of halogens is 2. The second-order valence-electron chi connectivity index (χ2n) is 3.93. The first-order valence-corrected chi connectivity index (χ1v) is 5.85. The Hall–Kier alpha value is -0.990. The highest BCUT2D eigenvalue weighted by molar-refractivity contribution is 6.30. The number of benzene rings is 1. The van der Waals surface area contributed by atoms with Crippen LogP contribution in [-0.4, -0.2) is 9.78 Å². The second-order valence-corrected chi connectivity index (χ2v) is 4.76. The van der Waals surface area contributed by atoms with Gasteiger partial charge in [0.15, 0.2) is 0 Å². The van der Waals surface area contributed by atoms with E-state index < -0.39 is 0 Å². The molecule has 1 heterocycles. The van der Waals surface area contributed by atoms with Crippen molar-refractivity contribution >= 4 is 23.2 Å². The quantitative estimate of drug-likeness (QED) is 0.782. The molecule has 84 valence electrons. The Labute approximate surface area is 105 Å². The third kappa shape index (κ3) is 2.23. The van der Waals surface area contributed by atoms with E-state index in [2.05, 4.69) is 18.9 Å². The minimum absolute atomic E-state index is 0.367. The summed E-state index contributed by atoms with van der Waals surface area (Å²) in [5.41, 5.74) is 1.90. The molecule has 1 aromatic carbocycles. The fourth-order valence-corrected chi connectivity index (χ4v) is 1.79. The van der Waals surface area contributed by atoms with Crippen LogP contribution in [0.1, 0.15) is 25.5 Å². The van der Waals surface area contributed by atoms with Crippen molar-refractivity contribution in [2.75, 3.05) is 0 Å². The van der Waals surface area contributed by atoms with Crippen molar-refractivity contribution in [3.05, 3.63) is 46.2 Å². The normalized spacial score (nSPS) is 11.1. The molecule has 0 atom stereocenters. The van der Waals surface area contributed by atoms with Crippen LogP contribution in [0.2, 0.25) is 10.2 Å². The predicted octanol–water partition coefficient (Wildman–Crippen LogP) is 4.30. The van der Waals surface area contributed by atoms with Gasteiger partial charge in [0.1, 0.15) is 5.15 Å². The number of hydrogen-bond donors (Lipinski definition) is 0. The number of aromatic nitrogens is 2. The lowest BCUT2D eigenvalue weighted by Crippen LogP contribution is -1.97. The van der Waals surface area contributed by atoms with E-state index in [1.54, 1.807) is 4.68 Å². The zero-order valence-electron chi connectivity index (χ0n) is 9.11. The van der Waals surface area contributed by atoms with Gasteiger partial charge < -0.3 is 0 Å². The molecule has 0 radical (unpaired) electrons. The number of nitrogens with zero attached hydrogens (tertiary/aromatic N) is 2. The lowest BCUT2D eigenvalue weighted by atomic mass is 10.1. The SMILES string of the molecule is CC(C)c1cc(Cl)n(-c2ccc(Cl)cc2)n1. The Bertz CT molecular complexity index is 486. The first-order chi connectivity index (χ1) is 7.58. The fraction of sp³-hybridized carbons (Fsp3) is 0.250. The Morgan fingerprint density at radius 1 is 1.12 bits per heavy atom. The smallest absolute Gasteiger partial charge is 0.133 e. The van der Waals surface area contributed by atoms with Crippen molar-refractivity contribution in [3.63, 3.8) is 0 Å². The van der Waals surface area contributed by atoms with Crippen LogP contribution in [0.25, 0.3) is 5.69 Å². The van der Waals surface area contributed by atoms with Crippen LogP contribution < -0.4 is 0 Å². The molecular weight excluding hydrogens is 243 g/mol. The highest BCUT2D eigenvalue weighted by Gasteiger charge is 2.09. The van der Waals surface area contributed by atoms with Gasteiger partial charge in [0.2, 0.25) is 0 Å². The van der Waals surface area contributed by atoms with Gasteiger partial charge in [0.25, 0.3) is 0 Å². The maximum atomic E-state index is 6.13. The highest BCUT2D eigenvalue weighted by Crippen LogP contribution is 2.22. The summed E-state index contributed by atoms with van der Waals surface area (Å²) in [6.07, 6.45) is 0. The van der Waals surface area contributed by atoms with E-state index in [1.165, 1.54) is 0 Å². The van der Waals surface area contributed by atoms with Crippen molar-refractivity contribution in [1.82, 2.24) is 9.78 Å². The lowest BCUT2D eigenvalue weighted by Gasteiger charge is -2.03. The molecule has 2 nitrogen and oxygen atoms in total. The van der Waals surface area contributed by atoms with E-state index >= 15 is 0 Å². The molecule has 0 bridgehead atoms. The maximum absolute atomic E-state index is 6.13. The minimum Gasteiger partial charge on any atom is -0.222 e. The molecular formula is C12H12Cl2N2. The molecule has 0 aliphatic heterocycles. The Balaban J connectivity index is 2.44. The first-order valence-electron chi connectivity index (χ1n) is 5.09. The zero-order valence-corrected chi connectivity index (χ0v) is 10.6. The molecule has 0 spiro atoms. The van der Waals surface area contributed by atoms with Gasteiger partial charge in [-0.25, -0.2) is 4.68 Å². The summed E-state index contributed by atoms with van der Waals surface area (Å²) in [6, 6.07) is 9.32. The summed E-state index contributed by atoms with van der Waals surface area (Å²) in [6.45, 7) is 4.18. The third-order valence-electron chi connectivity index (χ3n) is 2.35. The molecule has 0 unspecified atom stereocenters. The Kier molecular flexibility index (Phi) is 3.22. The van der Waals surface area contributed by atoms with Crippen LogP contribution in [0.4, 0.5) is 0 Å². The van der Waals surface area contributed by atoms with Gasteiger partial charge in [-0.1, -0.05) is 37.0 Å². The molecule has 0 fully saturated rings. The van der Waals surface area contributed by atoms with E-state index in [1.807, 2.05) is 30.3 Å². The van der Waals surface area contributed by atoms with Crippen LogP contribution in [0.5, 0.6) is 0 Å². The number of hydrogen-bond acceptors (Lipinski definition) is 1. The van der Waals surface area contributed by atoms with Gasteiger partial charge in [-0.15, -0.1) is 0 Å². The molecule has 0 N–H and O–H groups in total. The van der Waals surface area contributed by atoms with E-state index in [4.69, 9.17) is 23.2 Å². The fourth-order valence-electron chi connectivity index (χ4n) is 1.42. The Morgan fingerprint density at radius 2 is 1.75 bits per heavy atom. The standard InChI is InChI=1S/C12H12Cl2N2/c1-8(2)11-7-12(14)16(15-11)10-5-3-9(13)4-6-10/h3-8H,1-2H3. The van der Waals surface area contributed by atoms with Crippen molar-refractivity contribution in [1.29, 1.82) is 0 Å². The molecule has 2 rings (SSSR count). The van der Waals surface area contributed by atoms with Crippen molar-refractivity contribution < 1.29 is 0 Å². The molecule has 0 saturated heterocycles. The third-order valence-corrected chi connectivity index (χ3v) is 2.87. The van der Waals surface area contributed by atoms with Gasteiger partial charge >= 0.3 is 0 Å². The second kappa shape index (κ2) is 4.48. The van der Waals surface area contributed by atoms with Gasteiger partial charge in [-0.3, -0.25) is 0 Å². The van der Waals surface area contributed by atoms with Crippen LogP contribution in [0.15, 0.2) is 30.3 Å². The van der Waals surface area contributed by atoms with Crippen molar-refractivity contribution in [2.24, 2.45) is 0 Å². The van der Waals surface area contributed by atoms with Gasteiger partial charge in [0.05, 0.1) is 11.4 Å². The molecule has 2 aromatic rings. The average molecular weight is 255 g/mol. The maximum Gasteiger partial charge on any atom is 0.133 e. The summed E-state index contributed by atoms with van der Waals surface area (Å²) in [4.78, 5) is 0. The molecule has 4 heteroatoms. The summed E-state index contributed by atoms with van der Waals surface area (Å²) < 4.78 is 1.72. The highest BCUT2D eigenvalue weighted by atomic mass is 35.5. The van der Waals surface area contributed by atoms with E-state index in [9.17, 15) is 0 Å². The van der Waals surface area contributed by atoms with Crippen LogP contribution in [0, 0.1) is 0 Å². The monoisotopic (exact) mass is 254 g/mol. The average Bonchev–Trinajstić information content (AvgIpc) is 2.62. The summed E-state index contributed by atoms with van der Waals surface area (Å²) >= 11 is 12.0. The van der Waals surface area contributed by atoms with Crippen molar-refractivity contribution in [3.8, 4) is 5.69 Å². The molecule has 0 saturated carbocycles. The van der Waals surface area contributed by atoms with E-state index in [-0.39, 0.29) is 0 Å². The largest absolute Gasteiger partial charge is 0.222 e. The Morgan fingerprint density at radius 3 is 2.25 bits per heavy atom. The summed E-state index contributed by atoms with van der Waals surface area (Å²) in [5, 5.41) is 5.77. The number of rotatable bonds is 2. The van der Waals surface area contributed by atoms with Gasteiger partial charge in [-0.05, 0) is 36.2 Å². The van der Waals surface area contributed by atoms with Crippen LogP contribution >= 0.6 is 23.2 Å². The summed E-state index contributed by atoms with van der Waals surface area (Å²) in [5.74, 6) is 0.367. The predicted molar refractivity (Wildman–Crippen MR) is 67.7 cm³/mol. The van der Waals surface area contributed by atoms with Gasteiger partial charge in [0, 0.05) is 5.02 Å². The van der Waals surface area contributed by atoms with Gasteiger partial charge in [-0.2, -0.15) is 5.10 Å². The van der Waals surface area contributed by atoms with E-state index in [0.717, 1.165) is 11.4 Å². The zero-order chi connectivity index (χ0) is 11.7. The van der Waals surface area contributed by atoms with Crippen molar-refractivity contribution in [2.45, 2.75) is 19.8 Å². The summed E-state index contributed by atoms with van der Waals surface area (Å²) in [7, 11) is 0. The molecule has 16 heavy (non-hydrogen) atoms. The molecule has 0 amide bonds. The molecule has 0 aliphatic rings. The minimum atomic E-state index is 0.367. The van der Waals surface area contributed by atoms with Crippen LogP contribution in [-0.2, 0) is 0 Å². The molecule has 0 aliphatic carbocycles. The first kappa shape index (κ1) is 11.5. The lowest BCUT2D eigenvalue weighted by molar-refractivity contribution is 0.768.